The summed E-state index contributed by atoms with van der Waals surface area (Å²) < 4.78 is 15.9. The lowest BCUT2D eigenvalue weighted by Gasteiger charge is -2.34. The van der Waals surface area contributed by atoms with Gasteiger partial charge < -0.3 is 25.0 Å². The van der Waals surface area contributed by atoms with Crippen LogP contribution in [0.15, 0.2) is 43.0 Å². The zero-order valence-corrected chi connectivity index (χ0v) is 17.4. The molecular weight excluding hydrogens is 413 g/mol. The van der Waals surface area contributed by atoms with Gasteiger partial charge in [0, 0.05) is 56.5 Å². The molecule has 1 amide bonds. The Balaban J connectivity index is 1.49. The zero-order valence-electron chi connectivity index (χ0n) is 17.4. The Kier molecular flexibility index (Phi) is 5.16. The molecule has 1 atom stereocenters. The second-order valence-corrected chi connectivity index (χ2v) is 7.81. The molecule has 1 saturated heterocycles. The molecule has 0 saturated carbocycles. The van der Waals surface area contributed by atoms with Crippen LogP contribution in [0.5, 0.6) is 0 Å². The molecular formula is C22H22FN7O2. The van der Waals surface area contributed by atoms with E-state index in [0.29, 0.717) is 34.5 Å². The first-order valence-corrected chi connectivity index (χ1v) is 10.3. The molecule has 1 fully saturated rings. The Morgan fingerprint density at radius 1 is 1.28 bits per heavy atom. The van der Waals surface area contributed by atoms with Gasteiger partial charge in [-0.1, -0.05) is 0 Å². The van der Waals surface area contributed by atoms with E-state index in [0.717, 1.165) is 18.8 Å². The Morgan fingerprint density at radius 3 is 2.91 bits per heavy atom. The van der Waals surface area contributed by atoms with Crippen LogP contribution in [-0.4, -0.2) is 62.6 Å². The van der Waals surface area contributed by atoms with Crippen LogP contribution in [0.25, 0.3) is 16.7 Å². The number of aryl methyl sites for hydroxylation is 1. The quantitative estimate of drug-likeness (QED) is 0.448. The van der Waals surface area contributed by atoms with E-state index in [9.17, 15) is 14.3 Å². The highest BCUT2D eigenvalue weighted by atomic mass is 19.1. The predicted molar refractivity (Wildman–Crippen MR) is 118 cm³/mol. The molecule has 164 valence electrons. The van der Waals surface area contributed by atoms with Gasteiger partial charge in [-0.2, -0.15) is 0 Å². The van der Waals surface area contributed by atoms with E-state index in [-0.39, 0.29) is 18.3 Å². The lowest BCUT2D eigenvalue weighted by atomic mass is 10.1. The van der Waals surface area contributed by atoms with Gasteiger partial charge in [-0.25, -0.2) is 9.37 Å². The van der Waals surface area contributed by atoms with Crippen molar-refractivity contribution in [2.24, 2.45) is 0 Å². The van der Waals surface area contributed by atoms with Gasteiger partial charge in [-0.15, -0.1) is 0 Å². The number of hydrogen-bond acceptors (Lipinski definition) is 7. The minimum absolute atomic E-state index is 0.0323. The highest BCUT2D eigenvalue weighted by Gasteiger charge is 2.23. The number of aliphatic hydroxyl groups excluding tert-OH is 1. The average Bonchev–Trinajstić information content (AvgIpc) is 3.19. The minimum atomic E-state index is -0.520. The smallest absolute Gasteiger partial charge is 0.257 e. The first kappa shape index (κ1) is 20.3. The number of carbonyl (C=O) groups excluding carboxylic acids is 1. The molecule has 0 radical (unpaired) electrons. The van der Waals surface area contributed by atoms with Crippen LogP contribution in [-0.2, 0) is 0 Å². The Bertz CT molecular complexity index is 1320. The molecule has 0 spiro atoms. The van der Waals surface area contributed by atoms with Crippen LogP contribution in [0.4, 0.5) is 15.8 Å². The Morgan fingerprint density at radius 2 is 2.09 bits per heavy atom. The number of halogens is 1. The molecule has 32 heavy (non-hydrogen) atoms. The SMILES string of the molecule is Cc1cn2cc(NC(=O)c3ccc(N4CCN[C@@H](CO)C4)c4nccnc34)cc(F)c2n1. The van der Waals surface area contributed by atoms with Crippen LogP contribution >= 0.6 is 0 Å². The third-order valence-corrected chi connectivity index (χ3v) is 5.55. The molecule has 10 heteroatoms. The Labute approximate surface area is 182 Å². The molecule has 1 aromatic carbocycles. The van der Waals surface area contributed by atoms with Gasteiger partial charge in [-0.3, -0.25) is 14.8 Å². The number of nitrogens with one attached hydrogen (secondary N) is 2. The van der Waals surface area contributed by atoms with Gasteiger partial charge in [0.15, 0.2) is 11.5 Å². The number of fused-ring (bicyclic) bond motifs is 2. The van der Waals surface area contributed by atoms with E-state index < -0.39 is 11.7 Å². The molecule has 0 aliphatic carbocycles. The number of aliphatic hydroxyl groups is 1. The van der Waals surface area contributed by atoms with E-state index in [2.05, 4.69) is 30.5 Å². The van der Waals surface area contributed by atoms with Crippen molar-refractivity contribution in [2.45, 2.75) is 13.0 Å². The van der Waals surface area contributed by atoms with Crippen molar-refractivity contribution in [3.63, 3.8) is 0 Å². The minimum Gasteiger partial charge on any atom is -0.395 e. The topological polar surface area (TPSA) is 108 Å². The van der Waals surface area contributed by atoms with Crippen molar-refractivity contribution in [2.75, 3.05) is 36.5 Å². The summed E-state index contributed by atoms with van der Waals surface area (Å²) in [5, 5.41) is 15.5. The largest absolute Gasteiger partial charge is 0.395 e. The van der Waals surface area contributed by atoms with Gasteiger partial charge in [0.25, 0.3) is 5.91 Å². The summed E-state index contributed by atoms with van der Waals surface area (Å²) in [6.07, 6.45) is 6.44. The Hall–Kier alpha value is -3.63. The van der Waals surface area contributed by atoms with Gasteiger partial charge in [0.2, 0.25) is 0 Å². The first-order valence-electron chi connectivity index (χ1n) is 10.3. The number of carbonyl (C=O) groups is 1. The van der Waals surface area contributed by atoms with E-state index in [4.69, 9.17) is 0 Å². The predicted octanol–water partition coefficient (Wildman–Crippen LogP) is 1.75. The lowest BCUT2D eigenvalue weighted by Crippen LogP contribution is -2.52. The maximum absolute atomic E-state index is 14.4. The normalized spacial score (nSPS) is 16.6. The number of piperazine rings is 1. The number of benzene rings is 1. The molecule has 3 N–H and O–H groups in total. The fourth-order valence-corrected chi connectivity index (χ4v) is 4.09. The van der Waals surface area contributed by atoms with E-state index >= 15 is 0 Å². The second kappa shape index (κ2) is 8.13. The van der Waals surface area contributed by atoms with Crippen molar-refractivity contribution in [3.8, 4) is 0 Å². The number of pyridine rings is 1. The zero-order chi connectivity index (χ0) is 22.2. The number of aromatic nitrogens is 4. The third kappa shape index (κ3) is 3.63. The number of amides is 1. The molecule has 4 heterocycles. The van der Waals surface area contributed by atoms with Crippen molar-refractivity contribution in [3.05, 3.63) is 60.1 Å². The fourth-order valence-electron chi connectivity index (χ4n) is 4.09. The van der Waals surface area contributed by atoms with Crippen molar-refractivity contribution < 1.29 is 14.3 Å². The van der Waals surface area contributed by atoms with Crippen molar-refractivity contribution in [1.29, 1.82) is 0 Å². The van der Waals surface area contributed by atoms with Crippen LogP contribution in [0, 0.1) is 12.7 Å². The summed E-state index contributed by atoms with van der Waals surface area (Å²) in [4.78, 5) is 28.2. The molecule has 0 bridgehead atoms. The van der Waals surface area contributed by atoms with Crippen molar-refractivity contribution >= 4 is 34.0 Å². The van der Waals surface area contributed by atoms with E-state index in [1.807, 2.05) is 6.07 Å². The standard InChI is InChI=1S/C22H22FN7O2/c1-13-9-30-10-14(8-17(23)21(30)27-13)28-22(32)16-2-3-18(20-19(16)25-4-5-26-20)29-7-6-24-15(11-29)12-31/h2-5,8-10,15,24,31H,6-7,11-12H2,1H3,(H,28,32)/t15-/m1/s1. The second-order valence-electron chi connectivity index (χ2n) is 7.81. The maximum atomic E-state index is 14.4. The van der Waals surface area contributed by atoms with Gasteiger partial charge >= 0.3 is 0 Å². The summed E-state index contributed by atoms with van der Waals surface area (Å²) >= 11 is 0. The van der Waals surface area contributed by atoms with Crippen LogP contribution in [0.1, 0.15) is 16.1 Å². The maximum Gasteiger partial charge on any atom is 0.257 e. The first-order chi connectivity index (χ1) is 15.5. The number of hydrogen-bond donors (Lipinski definition) is 3. The molecule has 5 rings (SSSR count). The van der Waals surface area contributed by atoms with Crippen LogP contribution in [0.3, 0.4) is 0 Å². The molecule has 1 aliphatic heterocycles. The average molecular weight is 435 g/mol. The third-order valence-electron chi connectivity index (χ3n) is 5.55. The highest BCUT2D eigenvalue weighted by molar-refractivity contribution is 6.13. The summed E-state index contributed by atoms with van der Waals surface area (Å²) in [5.41, 5.74) is 3.46. The number of rotatable bonds is 4. The molecule has 0 unspecified atom stereocenters. The van der Waals surface area contributed by atoms with E-state index in [1.165, 1.54) is 12.3 Å². The van der Waals surface area contributed by atoms with Crippen LogP contribution < -0.4 is 15.5 Å². The number of anilines is 2. The fraction of sp³-hybridized carbons (Fsp3) is 0.273. The van der Waals surface area contributed by atoms with Crippen molar-refractivity contribution in [1.82, 2.24) is 24.7 Å². The highest BCUT2D eigenvalue weighted by Crippen LogP contribution is 2.28. The summed E-state index contributed by atoms with van der Waals surface area (Å²) in [5.74, 6) is -0.931. The summed E-state index contributed by atoms with van der Waals surface area (Å²) in [7, 11) is 0. The molecule has 3 aromatic heterocycles. The monoisotopic (exact) mass is 435 g/mol. The van der Waals surface area contributed by atoms with Gasteiger partial charge in [-0.05, 0) is 19.1 Å². The van der Waals surface area contributed by atoms with Gasteiger partial charge in [0.1, 0.15) is 11.0 Å². The molecule has 9 nitrogen and oxygen atoms in total. The number of nitrogens with zero attached hydrogens (tertiary/aromatic N) is 5. The number of imidazole rings is 1. The van der Waals surface area contributed by atoms with Crippen LogP contribution in [0.2, 0.25) is 0 Å². The molecule has 1 aliphatic rings. The van der Waals surface area contributed by atoms with E-state index in [1.54, 1.807) is 36.0 Å². The summed E-state index contributed by atoms with van der Waals surface area (Å²) in [6, 6.07) is 4.76. The lowest BCUT2D eigenvalue weighted by molar-refractivity contribution is 0.102. The summed E-state index contributed by atoms with van der Waals surface area (Å²) in [6.45, 7) is 3.92. The molecule has 4 aromatic rings. The van der Waals surface area contributed by atoms with Gasteiger partial charge in [0.05, 0.1) is 29.2 Å².